The van der Waals surface area contributed by atoms with Crippen molar-refractivity contribution >= 4 is 33.2 Å². The van der Waals surface area contributed by atoms with Gasteiger partial charge in [-0.2, -0.15) is 0 Å². The van der Waals surface area contributed by atoms with Gasteiger partial charge in [-0.3, -0.25) is 9.52 Å². The van der Waals surface area contributed by atoms with Crippen LogP contribution < -0.4 is 10.0 Å². The number of hydrogen-bond donors (Lipinski definition) is 2. The molecule has 0 saturated heterocycles. The number of carbonyl (C=O) groups is 1. The maximum absolute atomic E-state index is 11.9. The summed E-state index contributed by atoms with van der Waals surface area (Å²) >= 11 is 5.94. The van der Waals surface area contributed by atoms with Crippen LogP contribution in [-0.4, -0.2) is 27.1 Å². The van der Waals surface area contributed by atoms with Crippen LogP contribution in [0.15, 0.2) is 18.2 Å². The zero-order valence-corrected chi connectivity index (χ0v) is 12.6. The summed E-state index contributed by atoms with van der Waals surface area (Å²) in [5, 5.41) is 3.01. The average Bonchev–Trinajstić information content (AvgIpc) is 2.26. The number of rotatable bonds is 5. The second kappa shape index (κ2) is 6.25. The molecule has 1 aromatic rings. The van der Waals surface area contributed by atoms with Crippen LogP contribution >= 0.6 is 11.6 Å². The van der Waals surface area contributed by atoms with Gasteiger partial charge in [0.25, 0.3) is 5.91 Å². The first-order chi connectivity index (χ1) is 8.69. The Morgan fingerprint density at radius 2 is 2.00 bits per heavy atom. The third kappa shape index (κ3) is 5.48. The van der Waals surface area contributed by atoms with Crippen molar-refractivity contribution in [3.63, 3.8) is 0 Å². The molecule has 1 rings (SSSR count). The Morgan fingerprint density at radius 1 is 1.37 bits per heavy atom. The third-order valence-corrected chi connectivity index (χ3v) is 3.12. The van der Waals surface area contributed by atoms with Gasteiger partial charge in [0.1, 0.15) is 0 Å². The minimum absolute atomic E-state index is 0.246. The zero-order valence-electron chi connectivity index (χ0n) is 11.0. The average molecular weight is 305 g/mol. The van der Waals surface area contributed by atoms with Crippen LogP contribution in [0.25, 0.3) is 0 Å². The fourth-order valence-corrected chi connectivity index (χ4v) is 2.13. The highest BCUT2D eigenvalue weighted by molar-refractivity contribution is 7.92. The molecule has 0 unspecified atom stereocenters. The molecule has 106 valence electrons. The number of halogens is 1. The van der Waals surface area contributed by atoms with Gasteiger partial charge in [0, 0.05) is 12.2 Å². The molecule has 0 spiro atoms. The molecule has 1 amide bonds. The van der Waals surface area contributed by atoms with Gasteiger partial charge in [0.15, 0.2) is 0 Å². The van der Waals surface area contributed by atoms with Crippen LogP contribution in [0.4, 0.5) is 5.69 Å². The zero-order chi connectivity index (χ0) is 14.6. The van der Waals surface area contributed by atoms with E-state index in [1.54, 1.807) is 0 Å². The first kappa shape index (κ1) is 15.8. The molecule has 0 aliphatic rings. The van der Waals surface area contributed by atoms with Gasteiger partial charge in [-0.05, 0) is 24.1 Å². The minimum Gasteiger partial charge on any atom is -0.352 e. The predicted molar refractivity (Wildman–Crippen MR) is 77.1 cm³/mol. The van der Waals surface area contributed by atoms with Gasteiger partial charge in [-0.25, -0.2) is 8.42 Å². The molecule has 1 aromatic carbocycles. The highest BCUT2D eigenvalue weighted by Crippen LogP contribution is 2.21. The Labute approximate surface area is 118 Å². The number of hydrogen-bond acceptors (Lipinski definition) is 3. The minimum atomic E-state index is -3.38. The monoisotopic (exact) mass is 304 g/mol. The van der Waals surface area contributed by atoms with Gasteiger partial charge in [0.2, 0.25) is 10.0 Å². The lowest BCUT2D eigenvalue weighted by Crippen LogP contribution is -2.27. The summed E-state index contributed by atoms with van der Waals surface area (Å²) in [4.78, 5) is 11.9. The van der Waals surface area contributed by atoms with Crippen LogP contribution in [0.1, 0.15) is 24.2 Å². The number of nitrogens with one attached hydrogen (secondary N) is 2. The van der Waals surface area contributed by atoms with Crippen molar-refractivity contribution in [3.05, 3.63) is 28.8 Å². The molecule has 0 aliphatic carbocycles. The fraction of sp³-hybridized carbons (Fsp3) is 0.417. The van der Waals surface area contributed by atoms with Crippen molar-refractivity contribution < 1.29 is 13.2 Å². The second-order valence-electron chi connectivity index (χ2n) is 4.67. The predicted octanol–water partition coefficient (Wildman–Crippen LogP) is 2.10. The SMILES string of the molecule is CC(C)CNC(=O)c1cc(NS(C)(=O)=O)ccc1Cl. The molecule has 19 heavy (non-hydrogen) atoms. The number of anilines is 1. The van der Waals surface area contributed by atoms with Crippen molar-refractivity contribution in [2.45, 2.75) is 13.8 Å². The van der Waals surface area contributed by atoms with Crippen LogP contribution in [0.3, 0.4) is 0 Å². The van der Waals surface area contributed by atoms with E-state index in [0.717, 1.165) is 6.26 Å². The summed E-state index contributed by atoms with van der Waals surface area (Å²) in [6.45, 7) is 4.48. The lowest BCUT2D eigenvalue weighted by Gasteiger charge is -2.10. The third-order valence-electron chi connectivity index (χ3n) is 2.19. The van der Waals surface area contributed by atoms with Crippen molar-refractivity contribution in [2.75, 3.05) is 17.5 Å². The molecule has 0 radical (unpaired) electrons. The summed E-state index contributed by atoms with van der Waals surface area (Å²) in [5.74, 6) is -0.00379. The van der Waals surface area contributed by atoms with Gasteiger partial charge in [-0.15, -0.1) is 0 Å². The van der Waals surface area contributed by atoms with E-state index < -0.39 is 10.0 Å². The normalized spacial score (nSPS) is 11.4. The molecule has 0 saturated carbocycles. The number of benzene rings is 1. The molecule has 0 atom stereocenters. The Hall–Kier alpha value is -1.27. The Kier molecular flexibility index (Phi) is 5.20. The molecule has 7 heteroatoms. The Morgan fingerprint density at radius 3 is 2.53 bits per heavy atom. The van der Waals surface area contributed by atoms with Gasteiger partial charge in [-0.1, -0.05) is 25.4 Å². The summed E-state index contributed by atoms with van der Waals surface area (Å²) in [6, 6.07) is 4.40. The largest absolute Gasteiger partial charge is 0.352 e. The van der Waals surface area contributed by atoms with Crippen LogP contribution in [0, 0.1) is 5.92 Å². The van der Waals surface area contributed by atoms with Gasteiger partial charge < -0.3 is 5.32 Å². The van der Waals surface area contributed by atoms with Crippen molar-refractivity contribution in [1.29, 1.82) is 0 Å². The van der Waals surface area contributed by atoms with Gasteiger partial charge in [0.05, 0.1) is 16.8 Å². The fourth-order valence-electron chi connectivity index (χ4n) is 1.37. The molecule has 2 N–H and O–H groups in total. The molecule has 0 aliphatic heterocycles. The van der Waals surface area contributed by atoms with Crippen molar-refractivity contribution in [2.24, 2.45) is 5.92 Å². The van der Waals surface area contributed by atoms with E-state index >= 15 is 0 Å². The Bertz CT molecular complexity index is 570. The van der Waals surface area contributed by atoms with E-state index in [9.17, 15) is 13.2 Å². The van der Waals surface area contributed by atoms with Gasteiger partial charge >= 0.3 is 0 Å². The van der Waals surface area contributed by atoms with E-state index in [-0.39, 0.29) is 16.5 Å². The highest BCUT2D eigenvalue weighted by Gasteiger charge is 2.12. The van der Waals surface area contributed by atoms with E-state index in [1.807, 2.05) is 13.8 Å². The number of amides is 1. The first-order valence-electron chi connectivity index (χ1n) is 5.74. The topological polar surface area (TPSA) is 75.3 Å². The molecular weight excluding hydrogens is 288 g/mol. The molecule has 0 fully saturated rings. The van der Waals surface area contributed by atoms with E-state index in [1.165, 1.54) is 18.2 Å². The van der Waals surface area contributed by atoms with Crippen molar-refractivity contribution in [3.8, 4) is 0 Å². The Balaban J connectivity index is 2.94. The first-order valence-corrected chi connectivity index (χ1v) is 8.01. The number of sulfonamides is 1. The maximum atomic E-state index is 11.9. The molecule has 0 bridgehead atoms. The smallest absolute Gasteiger partial charge is 0.252 e. The quantitative estimate of drug-likeness (QED) is 0.874. The summed E-state index contributed by atoms with van der Waals surface area (Å²) < 4.78 is 24.6. The highest BCUT2D eigenvalue weighted by atomic mass is 35.5. The molecular formula is C12H17ClN2O3S. The summed E-state index contributed by atoms with van der Waals surface area (Å²) in [5.41, 5.74) is 0.553. The lowest BCUT2D eigenvalue weighted by molar-refractivity contribution is 0.0949. The van der Waals surface area contributed by atoms with Crippen molar-refractivity contribution in [1.82, 2.24) is 5.32 Å². The van der Waals surface area contributed by atoms with Crippen LogP contribution in [0.2, 0.25) is 5.02 Å². The van der Waals surface area contributed by atoms with E-state index in [2.05, 4.69) is 10.0 Å². The van der Waals surface area contributed by atoms with E-state index in [0.29, 0.717) is 18.2 Å². The maximum Gasteiger partial charge on any atom is 0.252 e. The van der Waals surface area contributed by atoms with Crippen LogP contribution in [0.5, 0.6) is 0 Å². The molecule has 0 aromatic heterocycles. The number of carbonyl (C=O) groups excluding carboxylic acids is 1. The second-order valence-corrected chi connectivity index (χ2v) is 6.83. The van der Waals surface area contributed by atoms with E-state index in [4.69, 9.17) is 11.6 Å². The lowest BCUT2D eigenvalue weighted by atomic mass is 10.1. The summed E-state index contributed by atoms with van der Waals surface area (Å²) in [6.07, 6.45) is 1.04. The standard InChI is InChI=1S/C12H17ClN2O3S/c1-8(2)7-14-12(16)10-6-9(4-5-11(10)13)15-19(3,17)18/h4-6,8,15H,7H2,1-3H3,(H,14,16). The summed E-state index contributed by atoms with van der Waals surface area (Å²) in [7, 11) is -3.38. The molecule has 5 nitrogen and oxygen atoms in total. The van der Waals surface area contributed by atoms with Crippen LogP contribution in [-0.2, 0) is 10.0 Å². The molecule has 0 heterocycles.